The summed E-state index contributed by atoms with van der Waals surface area (Å²) < 4.78 is 1.73. The summed E-state index contributed by atoms with van der Waals surface area (Å²) in [6.07, 6.45) is 6.73. The number of hydrogen-bond acceptors (Lipinski definition) is 7. The molecule has 0 aromatic carbocycles. The Kier molecular flexibility index (Phi) is 4.54. The molecule has 146 valence electrons. The van der Waals surface area contributed by atoms with Crippen molar-refractivity contribution in [1.29, 1.82) is 0 Å². The topological polar surface area (TPSA) is 93.0 Å². The highest BCUT2D eigenvalue weighted by atomic mass is 32.2. The first-order chi connectivity index (χ1) is 13.7. The minimum Gasteiger partial charge on any atom is -0.356 e. The Morgan fingerprint density at radius 3 is 2.93 bits per heavy atom. The Bertz CT molecular complexity index is 985. The molecule has 0 saturated carbocycles. The van der Waals surface area contributed by atoms with Crippen molar-refractivity contribution in [2.24, 2.45) is 0 Å². The van der Waals surface area contributed by atoms with E-state index in [9.17, 15) is 9.59 Å². The minimum atomic E-state index is -0.161. The zero-order valence-electron chi connectivity index (χ0n) is 15.6. The number of aromatic nitrogens is 4. The van der Waals surface area contributed by atoms with Gasteiger partial charge in [0, 0.05) is 36.9 Å². The Morgan fingerprint density at radius 1 is 1.21 bits per heavy atom. The van der Waals surface area contributed by atoms with Crippen molar-refractivity contribution in [1.82, 2.24) is 19.5 Å². The van der Waals surface area contributed by atoms with Crippen molar-refractivity contribution in [3.8, 4) is 0 Å². The van der Waals surface area contributed by atoms with E-state index < -0.39 is 0 Å². The fourth-order valence-corrected chi connectivity index (χ4v) is 5.40. The summed E-state index contributed by atoms with van der Waals surface area (Å²) in [7, 11) is 0. The molecule has 1 aliphatic carbocycles. The van der Waals surface area contributed by atoms with Gasteiger partial charge in [0.2, 0.25) is 5.91 Å². The quantitative estimate of drug-likeness (QED) is 0.785. The number of fused-ring (bicyclic) bond motifs is 2. The second-order valence-electron chi connectivity index (χ2n) is 7.52. The van der Waals surface area contributed by atoms with E-state index in [2.05, 4.69) is 25.2 Å². The molecule has 9 heteroatoms. The van der Waals surface area contributed by atoms with E-state index in [1.54, 1.807) is 16.3 Å². The lowest BCUT2D eigenvalue weighted by molar-refractivity contribution is -0.116. The number of thioether (sulfide) groups is 1. The molecule has 0 radical (unpaired) electrons. The molecule has 2 aliphatic heterocycles. The van der Waals surface area contributed by atoms with Gasteiger partial charge in [-0.2, -0.15) is 0 Å². The van der Waals surface area contributed by atoms with Gasteiger partial charge in [0.25, 0.3) is 5.56 Å². The molecule has 0 spiro atoms. The maximum atomic E-state index is 12.8. The van der Waals surface area contributed by atoms with E-state index in [0.29, 0.717) is 11.6 Å². The molecule has 4 heterocycles. The summed E-state index contributed by atoms with van der Waals surface area (Å²) >= 11 is 1.56. The van der Waals surface area contributed by atoms with Crippen LogP contribution in [0.25, 0.3) is 0 Å². The van der Waals surface area contributed by atoms with Crippen LogP contribution >= 0.6 is 11.8 Å². The fraction of sp³-hybridized carbons (Fsp3) is 0.526. The minimum absolute atomic E-state index is 0.0404. The summed E-state index contributed by atoms with van der Waals surface area (Å²) in [4.78, 5) is 40.8. The van der Waals surface area contributed by atoms with Gasteiger partial charge in [0.05, 0.1) is 11.7 Å². The van der Waals surface area contributed by atoms with E-state index in [-0.39, 0.29) is 23.9 Å². The molecule has 8 nitrogen and oxygen atoms in total. The number of aryl methyl sites for hydroxylation is 1. The molecule has 28 heavy (non-hydrogen) atoms. The van der Waals surface area contributed by atoms with Crippen molar-refractivity contribution >= 4 is 29.3 Å². The van der Waals surface area contributed by atoms with Crippen molar-refractivity contribution in [2.45, 2.75) is 49.7 Å². The number of hydrogen-bond donors (Lipinski definition) is 1. The largest absolute Gasteiger partial charge is 0.356 e. The first-order valence-corrected chi connectivity index (χ1v) is 10.8. The second kappa shape index (κ2) is 7.20. The number of amides is 1. The van der Waals surface area contributed by atoms with E-state index in [1.165, 1.54) is 6.33 Å². The molecule has 1 atom stereocenters. The maximum Gasteiger partial charge on any atom is 0.257 e. The third kappa shape index (κ3) is 3.17. The molecular formula is C19H22N6O2S. The summed E-state index contributed by atoms with van der Waals surface area (Å²) in [5.74, 6) is 1.91. The average Bonchev–Trinajstić information content (AvgIpc) is 3.43. The Morgan fingerprint density at radius 2 is 2.07 bits per heavy atom. The molecule has 2 aromatic heterocycles. The van der Waals surface area contributed by atoms with Crippen molar-refractivity contribution < 1.29 is 4.79 Å². The highest BCUT2D eigenvalue weighted by Gasteiger charge is 2.31. The van der Waals surface area contributed by atoms with E-state index in [0.717, 1.165) is 67.4 Å². The van der Waals surface area contributed by atoms with Crippen LogP contribution in [-0.2, 0) is 17.6 Å². The van der Waals surface area contributed by atoms with Gasteiger partial charge in [0.15, 0.2) is 5.16 Å². The van der Waals surface area contributed by atoms with E-state index in [1.807, 2.05) is 6.07 Å². The van der Waals surface area contributed by atoms with Crippen molar-refractivity contribution in [3.05, 3.63) is 34.0 Å². The summed E-state index contributed by atoms with van der Waals surface area (Å²) in [6.45, 7) is 1.97. The summed E-state index contributed by atoms with van der Waals surface area (Å²) in [6, 6.07) is 1.66. The molecule has 1 unspecified atom stereocenters. The predicted molar refractivity (Wildman–Crippen MR) is 107 cm³/mol. The highest BCUT2D eigenvalue weighted by Crippen LogP contribution is 2.34. The lowest BCUT2D eigenvalue weighted by Gasteiger charge is -2.17. The second-order valence-corrected chi connectivity index (χ2v) is 8.51. The number of nitrogens with zero attached hydrogens (tertiary/aromatic N) is 5. The summed E-state index contributed by atoms with van der Waals surface area (Å²) in [5, 5.41) is 3.63. The number of nitrogens with one attached hydrogen (secondary N) is 1. The van der Waals surface area contributed by atoms with Crippen LogP contribution < -0.4 is 15.8 Å². The highest BCUT2D eigenvalue weighted by molar-refractivity contribution is 7.99. The Balaban J connectivity index is 1.30. The lowest BCUT2D eigenvalue weighted by atomic mass is 10.2. The Labute approximate surface area is 166 Å². The number of anilines is 2. The van der Waals surface area contributed by atoms with Crippen molar-refractivity contribution in [3.63, 3.8) is 0 Å². The van der Waals surface area contributed by atoms with Gasteiger partial charge in [-0.25, -0.2) is 15.0 Å². The molecule has 3 aliphatic rings. The lowest BCUT2D eigenvalue weighted by Crippen LogP contribution is -2.30. The number of carbonyl (C=O) groups excluding carboxylic acids is 1. The molecule has 1 fully saturated rings. The predicted octanol–water partition coefficient (Wildman–Crippen LogP) is 1.80. The van der Waals surface area contributed by atoms with Crippen LogP contribution in [0.3, 0.4) is 0 Å². The van der Waals surface area contributed by atoms with Crippen LogP contribution in [0, 0.1) is 0 Å². The van der Waals surface area contributed by atoms with E-state index >= 15 is 0 Å². The zero-order valence-corrected chi connectivity index (χ0v) is 16.4. The molecule has 5 rings (SSSR count). The third-order valence-electron chi connectivity index (χ3n) is 5.64. The van der Waals surface area contributed by atoms with Gasteiger partial charge in [-0.15, -0.1) is 0 Å². The van der Waals surface area contributed by atoms with E-state index in [4.69, 9.17) is 0 Å². The fourth-order valence-electron chi connectivity index (χ4n) is 4.24. The van der Waals surface area contributed by atoms with Crippen LogP contribution in [0.1, 0.15) is 43.0 Å². The molecule has 0 bridgehead atoms. The van der Waals surface area contributed by atoms with Gasteiger partial charge in [-0.05, 0) is 32.1 Å². The van der Waals surface area contributed by atoms with Gasteiger partial charge in [0.1, 0.15) is 18.0 Å². The smallest absolute Gasteiger partial charge is 0.257 e. The number of carbonyl (C=O) groups is 1. The van der Waals surface area contributed by atoms with Crippen LogP contribution in [0.4, 0.5) is 11.6 Å². The molecule has 2 aromatic rings. The molecule has 1 saturated heterocycles. The molecule has 1 N–H and O–H groups in total. The Hall–Kier alpha value is -2.42. The van der Waals surface area contributed by atoms with Crippen LogP contribution in [0.15, 0.2) is 22.3 Å². The van der Waals surface area contributed by atoms with Crippen LogP contribution in [0.2, 0.25) is 0 Å². The van der Waals surface area contributed by atoms with Gasteiger partial charge >= 0.3 is 0 Å². The SMILES string of the molecule is O=C(CC1CSc2nc3c(c(=O)n21)CCC3)Nc1cc(N2CCCC2)ncn1. The number of rotatable bonds is 4. The monoisotopic (exact) mass is 398 g/mol. The molecular weight excluding hydrogens is 376 g/mol. The van der Waals surface area contributed by atoms with Crippen LogP contribution in [-0.4, -0.2) is 44.3 Å². The normalized spacial score (nSPS) is 20.3. The van der Waals surface area contributed by atoms with Gasteiger partial charge in [-0.3, -0.25) is 14.2 Å². The average molecular weight is 398 g/mol. The van der Waals surface area contributed by atoms with Gasteiger partial charge < -0.3 is 10.2 Å². The molecule has 1 amide bonds. The zero-order chi connectivity index (χ0) is 19.1. The van der Waals surface area contributed by atoms with Gasteiger partial charge in [-0.1, -0.05) is 11.8 Å². The summed E-state index contributed by atoms with van der Waals surface area (Å²) in [5.41, 5.74) is 1.82. The van der Waals surface area contributed by atoms with Crippen molar-refractivity contribution in [2.75, 3.05) is 29.1 Å². The first-order valence-electron chi connectivity index (χ1n) is 9.83. The first kappa shape index (κ1) is 17.7. The standard InChI is InChI=1S/C19H22N6O2S/c26-17(23-15-9-16(21-11-20-15)24-6-1-2-7-24)8-12-10-28-19-22-14-5-3-4-13(14)18(27)25(12)19/h9,11-12H,1-8,10H2,(H,20,21,23,26). The third-order valence-corrected chi connectivity index (χ3v) is 6.74. The maximum absolute atomic E-state index is 12.8. The van der Waals surface area contributed by atoms with Crippen LogP contribution in [0.5, 0.6) is 0 Å².